The van der Waals surface area contributed by atoms with Crippen LogP contribution in [0.15, 0.2) is 54.6 Å². The van der Waals surface area contributed by atoms with Crippen LogP contribution >= 0.6 is 8.46 Å². The minimum Gasteiger partial charge on any atom is -0.289 e. The molecule has 0 N–H and O–H groups in total. The summed E-state index contributed by atoms with van der Waals surface area (Å²) < 4.78 is 11.8. The maximum absolute atomic E-state index is 13.5. The van der Waals surface area contributed by atoms with E-state index in [0.29, 0.717) is 16.4 Å². The molecule has 0 aliphatic carbocycles. The number of aryl methyl sites for hydroxylation is 4. The largest absolute Gasteiger partial charge is 0.289 e. The fourth-order valence-corrected chi connectivity index (χ4v) is 4.11. The van der Waals surface area contributed by atoms with Gasteiger partial charge in [0.25, 0.3) is 0 Å². The molecular weight excluding hydrogens is 367 g/mol. The SMILES string of the molecule is Cc1cccc(C)c1C(=O)c1cccc(P=O)c1C(=O)c1c(C)cccc1C. The second kappa shape index (κ2) is 8.00. The van der Waals surface area contributed by atoms with Crippen molar-refractivity contribution in [3.05, 3.63) is 99.1 Å². The van der Waals surface area contributed by atoms with Gasteiger partial charge in [-0.2, -0.15) is 0 Å². The van der Waals surface area contributed by atoms with E-state index in [4.69, 9.17) is 0 Å². The number of carbonyl (C=O) groups is 2. The maximum Gasteiger partial charge on any atom is 0.195 e. The first-order valence-electron chi connectivity index (χ1n) is 9.05. The lowest BCUT2D eigenvalue weighted by atomic mass is 9.88. The molecule has 4 heteroatoms. The van der Waals surface area contributed by atoms with E-state index in [9.17, 15) is 14.2 Å². The van der Waals surface area contributed by atoms with Crippen LogP contribution in [-0.2, 0) is 4.57 Å². The second-order valence-electron chi connectivity index (χ2n) is 6.98. The molecule has 0 spiro atoms. The van der Waals surface area contributed by atoms with Crippen LogP contribution in [0.1, 0.15) is 54.1 Å². The Bertz CT molecular complexity index is 1070. The van der Waals surface area contributed by atoms with Gasteiger partial charge in [0, 0.05) is 22.3 Å². The Morgan fingerprint density at radius 1 is 0.607 bits per heavy atom. The minimum atomic E-state index is -0.290. The van der Waals surface area contributed by atoms with Crippen LogP contribution in [0.3, 0.4) is 0 Å². The summed E-state index contributed by atoms with van der Waals surface area (Å²) in [5.41, 5.74) is 4.98. The third-order valence-corrected chi connectivity index (χ3v) is 5.60. The normalized spacial score (nSPS) is 10.9. The number of rotatable bonds is 5. The lowest BCUT2D eigenvalue weighted by Gasteiger charge is -2.15. The van der Waals surface area contributed by atoms with Gasteiger partial charge in [0.15, 0.2) is 20.0 Å². The van der Waals surface area contributed by atoms with Crippen molar-refractivity contribution in [3.8, 4) is 0 Å². The molecule has 0 aromatic heterocycles. The van der Waals surface area contributed by atoms with Crippen LogP contribution in [0.4, 0.5) is 0 Å². The fraction of sp³-hybridized carbons (Fsp3) is 0.167. The van der Waals surface area contributed by atoms with Gasteiger partial charge in [0.05, 0.1) is 5.30 Å². The predicted octanol–water partition coefficient (Wildman–Crippen LogP) is 5.30. The van der Waals surface area contributed by atoms with Crippen molar-refractivity contribution in [3.63, 3.8) is 0 Å². The molecule has 140 valence electrons. The lowest BCUT2D eigenvalue weighted by molar-refractivity contribution is 0.100. The van der Waals surface area contributed by atoms with Crippen LogP contribution in [0, 0.1) is 27.7 Å². The quantitative estimate of drug-likeness (QED) is 0.440. The molecule has 0 aliphatic rings. The zero-order chi connectivity index (χ0) is 20.4. The molecule has 0 heterocycles. The zero-order valence-electron chi connectivity index (χ0n) is 16.4. The Hall–Kier alpha value is -2.90. The van der Waals surface area contributed by atoms with Gasteiger partial charge >= 0.3 is 0 Å². The molecule has 0 atom stereocenters. The topological polar surface area (TPSA) is 51.2 Å². The van der Waals surface area contributed by atoms with E-state index in [-0.39, 0.29) is 31.2 Å². The van der Waals surface area contributed by atoms with Crippen molar-refractivity contribution in [1.82, 2.24) is 0 Å². The number of hydrogen-bond donors (Lipinski definition) is 0. The third-order valence-electron chi connectivity index (χ3n) is 5.03. The van der Waals surface area contributed by atoms with E-state index in [1.807, 2.05) is 64.1 Å². The van der Waals surface area contributed by atoms with Crippen molar-refractivity contribution in [2.45, 2.75) is 27.7 Å². The molecule has 28 heavy (non-hydrogen) atoms. The summed E-state index contributed by atoms with van der Waals surface area (Å²) in [7, 11) is -0.290. The Balaban J connectivity index is 2.27. The third kappa shape index (κ3) is 3.46. The molecule has 0 bridgehead atoms. The standard InChI is InChI=1S/C24H21O3P/c1-14-8-5-9-15(2)20(14)23(25)18-12-7-13-19(28-27)22(18)24(26)21-16(3)10-6-11-17(21)4/h5-13H,1-4H3. The first kappa shape index (κ1) is 19.9. The number of benzene rings is 3. The highest BCUT2D eigenvalue weighted by Gasteiger charge is 2.26. The Morgan fingerprint density at radius 2 is 1.04 bits per heavy atom. The van der Waals surface area contributed by atoms with E-state index in [2.05, 4.69) is 0 Å². The molecule has 3 aromatic rings. The number of carbonyl (C=O) groups excluding carboxylic acids is 2. The molecular formula is C24H21O3P. The molecule has 0 aliphatic heterocycles. The smallest absolute Gasteiger partial charge is 0.195 e. The second-order valence-corrected chi connectivity index (χ2v) is 7.65. The summed E-state index contributed by atoms with van der Waals surface area (Å²) in [6, 6.07) is 16.2. The van der Waals surface area contributed by atoms with E-state index in [1.54, 1.807) is 18.2 Å². The van der Waals surface area contributed by atoms with Crippen molar-refractivity contribution < 1.29 is 14.2 Å². The first-order valence-corrected chi connectivity index (χ1v) is 9.86. The van der Waals surface area contributed by atoms with Crippen molar-refractivity contribution in [2.24, 2.45) is 0 Å². The number of ketones is 2. The van der Waals surface area contributed by atoms with E-state index in [0.717, 1.165) is 22.3 Å². The molecule has 0 unspecified atom stereocenters. The molecule has 3 nitrogen and oxygen atoms in total. The number of hydrogen-bond acceptors (Lipinski definition) is 3. The molecule has 0 amide bonds. The van der Waals surface area contributed by atoms with Crippen LogP contribution in [0.2, 0.25) is 0 Å². The van der Waals surface area contributed by atoms with Crippen molar-refractivity contribution >= 4 is 25.3 Å². The average Bonchev–Trinajstić information content (AvgIpc) is 2.66. The van der Waals surface area contributed by atoms with Gasteiger partial charge in [0.2, 0.25) is 0 Å². The van der Waals surface area contributed by atoms with E-state index in [1.165, 1.54) is 0 Å². The monoisotopic (exact) mass is 388 g/mol. The van der Waals surface area contributed by atoms with Gasteiger partial charge in [0.1, 0.15) is 0 Å². The van der Waals surface area contributed by atoms with Gasteiger partial charge in [-0.3, -0.25) is 14.2 Å². The van der Waals surface area contributed by atoms with Gasteiger partial charge < -0.3 is 0 Å². The molecule has 0 saturated carbocycles. The lowest BCUT2D eigenvalue weighted by Crippen LogP contribution is -2.20. The summed E-state index contributed by atoms with van der Waals surface area (Å²) >= 11 is 0. The Morgan fingerprint density at radius 3 is 1.50 bits per heavy atom. The van der Waals surface area contributed by atoms with Crippen LogP contribution in [0.5, 0.6) is 0 Å². The summed E-state index contributed by atoms with van der Waals surface area (Å²) in [4.78, 5) is 26.9. The first-order chi connectivity index (χ1) is 13.4. The van der Waals surface area contributed by atoms with Crippen LogP contribution < -0.4 is 5.30 Å². The molecule has 0 saturated heterocycles. The Kier molecular flexibility index (Phi) is 5.67. The maximum atomic E-state index is 13.5. The summed E-state index contributed by atoms with van der Waals surface area (Å²) in [5.74, 6) is -0.500. The van der Waals surface area contributed by atoms with Gasteiger partial charge in [-0.25, -0.2) is 0 Å². The molecule has 0 fully saturated rings. The summed E-state index contributed by atoms with van der Waals surface area (Å²) in [6.07, 6.45) is 0. The predicted molar refractivity (Wildman–Crippen MR) is 112 cm³/mol. The van der Waals surface area contributed by atoms with Gasteiger partial charge in [-0.1, -0.05) is 48.5 Å². The van der Waals surface area contributed by atoms with Gasteiger partial charge in [-0.05, 0) is 56.0 Å². The summed E-state index contributed by atoms with van der Waals surface area (Å²) in [6.45, 7) is 7.49. The molecule has 3 aromatic carbocycles. The minimum absolute atomic E-state index is 0.212. The molecule has 3 rings (SSSR count). The highest BCUT2D eigenvalue weighted by Crippen LogP contribution is 2.25. The van der Waals surface area contributed by atoms with E-state index < -0.39 is 0 Å². The van der Waals surface area contributed by atoms with Crippen molar-refractivity contribution in [1.29, 1.82) is 0 Å². The van der Waals surface area contributed by atoms with Crippen LogP contribution in [0.25, 0.3) is 0 Å². The average molecular weight is 388 g/mol. The fourth-order valence-electron chi connectivity index (χ4n) is 3.65. The van der Waals surface area contributed by atoms with Crippen LogP contribution in [-0.4, -0.2) is 11.6 Å². The molecule has 0 radical (unpaired) electrons. The summed E-state index contributed by atoms with van der Waals surface area (Å²) in [5, 5.41) is 0.324. The van der Waals surface area contributed by atoms with E-state index >= 15 is 0 Å². The highest BCUT2D eigenvalue weighted by atomic mass is 31.1. The Labute approximate surface area is 166 Å². The zero-order valence-corrected chi connectivity index (χ0v) is 17.3. The van der Waals surface area contributed by atoms with Gasteiger partial charge in [-0.15, -0.1) is 0 Å². The van der Waals surface area contributed by atoms with Crippen molar-refractivity contribution in [2.75, 3.05) is 0 Å². The highest BCUT2D eigenvalue weighted by molar-refractivity contribution is 7.34.